The summed E-state index contributed by atoms with van der Waals surface area (Å²) >= 11 is 0. The maximum absolute atomic E-state index is 13.3. The van der Waals surface area contributed by atoms with E-state index >= 15 is 0 Å². The molecule has 0 radical (unpaired) electrons. The van der Waals surface area contributed by atoms with Crippen LogP contribution in [-0.2, 0) is 35.1 Å². The van der Waals surface area contributed by atoms with Crippen LogP contribution in [0.3, 0.4) is 0 Å². The van der Waals surface area contributed by atoms with E-state index < -0.39 is 29.4 Å². The van der Waals surface area contributed by atoms with Crippen molar-refractivity contribution in [3.05, 3.63) is 53.1 Å². The molecule has 0 aromatic heterocycles. The van der Waals surface area contributed by atoms with Gasteiger partial charge in [0.1, 0.15) is 41.8 Å². The molecule has 16 nitrogen and oxygen atoms in total. The summed E-state index contributed by atoms with van der Waals surface area (Å²) in [5.74, 6) is -1.16. The highest BCUT2D eigenvalue weighted by Gasteiger charge is 2.31. The lowest BCUT2D eigenvalue weighted by molar-refractivity contribution is -0.148. The zero-order valence-corrected chi connectivity index (χ0v) is 32.5. The predicted molar refractivity (Wildman–Crippen MR) is 210 cm³/mol. The fourth-order valence-corrected chi connectivity index (χ4v) is 6.60. The van der Waals surface area contributed by atoms with E-state index in [-0.39, 0.29) is 55.5 Å². The number of guanidine groups is 2. The standard InChI is InChI=1S/C40H54N6O10/c1-40(2)14-13-32-33(56-40)12-9-24-17-27(21-55-35(24)32)31-11-10-30(53-22-28(47)18-25(36(49)51-3)7-5-15-45-38(41)42)20-34(31)54-23-29(48)19-26(37(50)52-4)8-6-16-46-39(43)44/h9-14,20,25-27H,5-8,15-19,21-23H2,1-4H3,(H4,41,42,45)(H4,43,44,46). The molecule has 0 saturated carbocycles. The Morgan fingerprint density at radius 1 is 0.839 bits per heavy atom. The zero-order chi connectivity index (χ0) is 40.8. The first-order valence-corrected chi connectivity index (χ1v) is 18.6. The van der Waals surface area contributed by atoms with Crippen LogP contribution < -0.4 is 41.9 Å². The molecular weight excluding hydrogens is 724 g/mol. The van der Waals surface area contributed by atoms with Gasteiger partial charge in [-0.2, -0.15) is 0 Å². The van der Waals surface area contributed by atoms with E-state index in [4.69, 9.17) is 51.4 Å². The number of fused-ring (bicyclic) bond motifs is 3. The number of benzene rings is 2. The average molecular weight is 779 g/mol. The minimum absolute atomic E-state index is 0.0553. The van der Waals surface area contributed by atoms with E-state index in [1.165, 1.54) is 14.2 Å². The van der Waals surface area contributed by atoms with E-state index in [2.05, 4.69) is 9.98 Å². The molecule has 0 spiro atoms. The van der Waals surface area contributed by atoms with Crippen LogP contribution in [0.4, 0.5) is 0 Å². The maximum Gasteiger partial charge on any atom is 0.309 e. The molecule has 2 aliphatic rings. The summed E-state index contributed by atoms with van der Waals surface area (Å²) in [5, 5.41) is 0. The Morgan fingerprint density at radius 2 is 1.43 bits per heavy atom. The number of aliphatic imine (C=N–C) groups is 2. The molecule has 0 bridgehead atoms. The Balaban J connectivity index is 1.50. The molecule has 304 valence electrons. The quantitative estimate of drug-likeness (QED) is 0.0616. The van der Waals surface area contributed by atoms with Crippen LogP contribution in [0.5, 0.6) is 23.0 Å². The minimum Gasteiger partial charge on any atom is -0.492 e. The first-order valence-electron chi connectivity index (χ1n) is 18.6. The molecule has 0 amide bonds. The van der Waals surface area contributed by atoms with Crippen molar-refractivity contribution in [1.29, 1.82) is 0 Å². The highest BCUT2D eigenvalue weighted by atomic mass is 16.5. The fourth-order valence-electron chi connectivity index (χ4n) is 6.60. The summed E-state index contributed by atoms with van der Waals surface area (Å²) in [7, 11) is 2.53. The van der Waals surface area contributed by atoms with Gasteiger partial charge in [-0.15, -0.1) is 0 Å². The lowest BCUT2D eigenvalue weighted by atomic mass is 9.88. The van der Waals surface area contributed by atoms with Crippen LogP contribution in [0.25, 0.3) is 6.08 Å². The van der Waals surface area contributed by atoms with E-state index in [1.807, 2.05) is 44.2 Å². The van der Waals surface area contributed by atoms with E-state index in [0.717, 1.165) is 28.2 Å². The third-order valence-corrected chi connectivity index (χ3v) is 9.40. The van der Waals surface area contributed by atoms with Crippen LogP contribution in [-0.4, -0.2) is 88.2 Å². The second kappa shape index (κ2) is 20.2. The number of carbonyl (C=O) groups excluding carboxylic acids is 4. The van der Waals surface area contributed by atoms with Gasteiger partial charge in [-0.05, 0) is 75.8 Å². The molecule has 4 rings (SSSR count). The number of hydrogen-bond acceptors (Lipinski definition) is 12. The van der Waals surface area contributed by atoms with Crippen LogP contribution in [0.2, 0.25) is 0 Å². The molecule has 2 heterocycles. The zero-order valence-electron chi connectivity index (χ0n) is 32.5. The summed E-state index contributed by atoms with van der Waals surface area (Å²) in [4.78, 5) is 59.0. The number of ether oxygens (including phenoxy) is 6. The normalized spacial score (nSPS) is 16.0. The second-order valence-electron chi connectivity index (χ2n) is 14.3. The number of rotatable bonds is 21. The van der Waals surface area contributed by atoms with Gasteiger partial charge in [0.2, 0.25) is 0 Å². The molecule has 3 atom stereocenters. The number of nitrogens with two attached hydrogens (primary N) is 4. The first-order chi connectivity index (χ1) is 26.7. The number of carbonyl (C=O) groups is 4. The molecule has 8 N–H and O–H groups in total. The lowest BCUT2D eigenvalue weighted by Gasteiger charge is -2.32. The summed E-state index contributed by atoms with van der Waals surface area (Å²) in [5.41, 5.74) is 23.8. The van der Waals surface area contributed by atoms with Crippen molar-refractivity contribution in [3.8, 4) is 23.0 Å². The molecule has 56 heavy (non-hydrogen) atoms. The largest absolute Gasteiger partial charge is 0.492 e. The monoisotopic (exact) mass is 778 g/mol. The summed E-state index contributed by atoms with van der Waals surface area (Å²) < 4.78 is 34.4. The smallest absolute Gasteiger partial charge is 0.309 e. The Labute approximate surface area is 326 Å². The molecule has 0 saturated heterocycles. The lowest BCUT2D eigenvalue weighted by Crippen LogP contribution is -2.28. The van der Waals surface area contributed by atoms with Crippen molar-refractivity contribution < 1.29 is 47.6 Å². The van der Waals surface area contributed by atoms with Crippen LogP contribution >= 0.6 is 0 Å². The molecular formula is C40H54N6O10. The Kier molecular flexibility index (Phi) is 15.5. The summed E-state index contributed by atoms with van der Waals surface area (Å²) in [6, 6.07) is 9.10. The van der Waals surface area contributed by atoms with Gasteiger partial charge in [0, 0.05) is 43.5 Å². The van der Waals surface area contributed by atoms with Crippen molar-refractivity contribution in [2.45, 2.75) is 70.3 Å². The third-order valence-electron chi connectivity index (χ3n) is 9.40. The molecule has 2 aromatic rings. The van der Waals surface area contributed by atoms with Crippen molar-refractivity contribution >= 4 is 41.5 Å². The Hall–Kier alpha value is -5.80. The average Bonchev–Trinajstić information content (AvgIpc) is 3.16. The molecule has 2 aliphatic heterocycles. The van der Waals surface area contributed by atoms with Crippen molar-refractivity contribution in [3.63, 3.8) is 0 Å². The summed E-state index contributed by atoms with van der Waals surface area (Å²) in [6.45, 7) is 4.25. The minimum atomic E-state index is -0.705. The van der Waals surface area contributed by atoms with E-state index in [0.29, 0.717) is 63.3 Å². The first kappa shape index (κ1) is 42.9. The molecule has 0 aliphatic carbocycles. The van der Waals surface area contributed by atoms with Gasteiger partial charge in [-0.3, -0.25) is 29.2 Å². The van der Waals surface area contributed by atoms with Crippen molar-refractivity contribution in [2.75, 3.05) is 47.1 Å². The fraction of sp³-hybridized carbons (Fsp3) is 0.500. The van der Waals surface area contributed by atoms with Crippen LogP contribution in [0.15, 0.2) is 46.4 Å². The number of nitrogens with zero attached hydrogens (tertiary/aromatic N) is 2. The predicted octanol–water partition coefficient (Wildman–Crippen LogP) is 2.95. The van der Waals surface area contributed by atoms with Gasteiger partial charge in [0.15, 0.2) is 23.5 Å². The van der Waals surface area contributed by atoms with E-state index in [1.54, 1.807) is 12.1 Å². The Bertz CT molecular complexity index is 1820. The van der Waals surface area contributed by atoms with Gasteiger partial charge in [0.05, 0.1) is 38.2 Å². The third kappa shape index (κ3) is 12.6. The molecule has 0 fully saturated rings. The van der Waals surface area contributed by atoms with Gasteiger partial charge in [-0.1, -0.05) is 12.1 Å². The molecule has 16 heteroatoms. The van der Waals surface area contributed by atoms with Gasteiger partial charge < -0.3 is 51.4 Å². The van der Waals surface area contributed by atoms with Gasteiger partial charge in [0.25, 0.3) is 0 Å². The number of hydrogen-bond donors (Lipinski definition) is 4. The highest BCUT2D eigenvalue weighted by Crippen LogP contribution is 2.44. The van der Waals surface area contributed by atoms with Crippen molar-refractivity contribution in [1.82, 2.24) is 0 Å². The number of Topliss-reactive ketones (excluding diaryl/α,β-unsaturated/α-hetero) is 2. The second-order valence-corrected chi connectivity index (χ2v) is 14.3. The number of esters is 2. The van der Waals surface area contributed by atoms with Gasteiger partial charge in [-0.25, -0.2) is 0 Å². The maximum atomic E-state index is 13.3. The Morgan fingerprint density at radius 3 is 2.00 bits per heavy atom. The molecule has 2 aromatic carbocycles. The summed E-state index contributed by atoms with van der Waals surface area (Å²) in [6.07, 6.45) is 6.05. The van der Waals surface area contributed by atoms with Crippen LogP contribution in [0.1, 0.15) is 75.0 Å². The topological polar surface area (TPSA) is 252 Å². The SMILES string of the molecule is COC(=O)C(CCCN=C(N)N)CC(=O)COc1ccc(C2COc3c(ccc4c3C=CC(C)(C)O4)C2)c(OCC(=O)CC(CCCN=C(N)N)C(=O)OC)c1. The molecule has 3 unspecified atom stereocenters. The van der Waals surface area contributed by atoms with Crippen molar-refractivity contribution in [2.24, 2.45) is 44.8 Å². The van der Waals surface area contributed by atoms with E-state index in [9.17, 15) is 19.2 Å². The number of ketones is 2. The highest BCUT2D eigenvalue weighted by molar-refractivity contribution is 5.86. The van der Waals surface area contributed by atoms with Gasteiger partial charge >= 0.3 is 11.9 Å². The van der Waals surface area contributed by atoms with Crippen LogP contribution in [0, 0.1) is 11.8 Å². The number of methoxy groups -OCH3 is 2.